The number of β-amino-alcohol motifs (C(OH)–C–C–N with tert-alkyl or cyclic N) is 1. The Hall–Kier alpha value is -1.47. The molecule has 1 amide bonds. The number of nitrogens with zero attached hydrogens (tertiary/aromatic N) is 1. The Morgan fingerprint density at radius 2 is 2.00 bits per heavy atom. The number of aliphatic hydroxyl groups excluding tert-OH is 1. The average Bonchev–Trinajstić information content (AvgIpc) is 2.94. The van der Waals surface area contributed by atoms with Gasteiger partial charge in [0.05, 0.1) is 25.7 Å². The van der Waals surface area contributed by atoms with Gasteiger partial charge in [-0.25, -0.2) is 0 Å². The van der Waals surface area contributed by atoms with Crippen molar-refractivity contribution in [3.05, 3.63) is 35.9 Å². The van der Waals surface area contributed by atoms with Gasteiger partial charge in [0.15, 0.2) is 6.29 Å². The lowest BCUT2D eigenvalue weighted by molar-refractivity contribution is -0.183. The summed E-state index contributed by atoms with van der Waals surface area (Å²) in [5, 5.41) is 12.9. The number of nitrogens with one attached hydrogen (secondary N) is 1. The van der Waals surface area contributed by atoms with Gasteiger partial charge in [-0.3, -0.25) is 9.69 Å². The van der Waals surface area contributed by atoms with Gasteiger partial charge in [-0.2, -0.15) is 0 Å². The molecule has 2 unspecified atom stereocenters. The van der Waals surface area contributed by atoms with Gasteiger partial charge in [-0.15, -0.1) is 0 Å². The number of rotatable bonds is 6. The Kier molecular flexibility index (Phi) is 6.20. The third-order valence-corrected chi connectivity index (χ3v) is 4.52. The lowest BCUT2D eigenvalue weighted by Gasteiger charge is -2.25. The SMILES string of the molecule is O=C(CC1OCCCO1)NCC1CC(O)CN1Cc1ccccc1. The van der Waals surface area contributed by atoms with Gasteiger partial charge in [0.2, 0.25) is 5.91 Å². The van der Waals surface area contributed by atoms with Crippen molar-refractivity contribution in [2.75, 3.05) is 26.3 Å². The molecule has 24 heavy (non-hydrogen) atoms. The number of carbonyl (C=O) groups excluding carboxylic acids is 1. The highest BCUT2D eigenvalue weighted by Gasteiger charge is 2.31. The number of ether oxygens (including phenoxy) is 2. The largest absolute Gasteiger partial charge is 0.392 e. The summed E-state index contributed by atoms with van der Waals surface area (Å²) in [4.78, 5) is 14.3. The molecule has 0 aromatic heterocycles. The van der Waals surface area contributed by atoms with Crippen molar-refractivity contribution < 1.29 is 19.4 Å². The molecule has 6 nitrogen and oxygen atoms in total. The van der Waals surface area contributed by atoms with Crippen LogP contribution in [0.15, 0.2) is 30.3 Å². The molecule has 2 fully saturated rings. The van der Waals surface area contributed by atoms with Crippen molar-refractivity contribution >= 4 is 5.91 Å². The number of aliphatic hydroxyl groups is 1. The van der Waals surface area contributed by atoms with Crippen molar-refractivity contribution in [1.29, 1.82) is 0 Å². The number of likely N-dealkylation sites (tertiary alicyclic amines) is 1. The Labute approximate surface area is 142 Å². The third-order valence-electron chi connectivity index (χ3n) is 4.52. The van der Waals surface area contributed by atoms with Gasteiger partial charge in [0.1, 0.15) is 0 Å². The molecule has 2 saturated heterocycles. The quantitative estimate of drug-likeness (QED) is 0.808. The molecule has 1 aromatic carbocycles. The van der Waals surface area contributed by atoms with Gasteiger partial charge in [0.25, 0.3) is 0 Å². The van der Waals surface area contributed by atoms with E-state index in [0.29, 0.717) is 32.7 Å². The minimum Gasteiger partial charge on any atom is -0.392 e. The van der Waals surface area contributed by atoms with Crippen LogP contribution in [0.3, 0.4) is 0 Å². The fraction of sp³-hybridized carbons (Fsp3) is 0.611. The molecule has 132 valence electrons. The van der Waals surface area contributed by atoms with Crippen LogP contribution in [0.25, 0.3) is 0 Å². The van der Waals surface area contributed by atoms with E-state index < -0.39 is 6.29 Å². The fourth-order valence-electron chi connectivity index (χ4n) is 3.29. The first kappa shape index (κ1) is 17.4. The Morgan fingerprint density at radius 3 is 2.75 bits per heavy atom. The van der Waals surface area contributed by atoms with Gasteiger partial charge >= 0.3 is 0 Å². The van der Waals surface area contributed by atoms with Crippen molar-refractivity contribution in [1.82, 2.24) is 10.2 Å². The zero-order valence-corrected chi connectivity index (χ0v) is 13.9. The average molecular weight is 334 g/mol. The first-order valence-corrected chi connectivity index (χ1v) is 8.66. The molecule has 6 heteroatoms. The smallest absolute Gasteiger partial charge is 0.225 e. The molecule has 0 saturated carbocycles. The van der Waals surface area contributed by atoms with Crippen LogP contribution in [0, 0.1) is 0 Å². The van der Waals surface area contributed by atoms with Gasteiger partial charge in [-0.05, 0) is 18.4 Å². The van der Waals surface area contributed by atoms with Crippen LogP contribution < -0.4 is 5.32 Å². The Morgan fingerprint density at radius 1 is 1.25 bits per heavy atom. The molecule has 2 aliphatic rings. The molecule has 0 bridgehead atoms. The molecule has 1 aromatic rings. The second-order valence-electron chi connectivity index (χ2n) is 6.49. The number of carbonyl (C=O) groups is 1. The van der Waals surface area contributed by atoms with E-state index in [2.05, 4.69) is 22.3 Å². The molecule has 0 aliphatic carbocycles. The van der Waals surface area contributed by atoms with Crippen LogP contribution >= 0.6 is 0 Å². The second kappa shape index (κ2) is 8.58. The van der Waals surface area contributed by atoms with Crippen molar-refractivity contribution in [3.8, 4) is 0 Å². The van der Waals surface area contributed by atoms with Crippen LogP contribution in [0.4, 0.5) is 0 Å². The minimum atomic E-state index is -0.423. The summed E-state index contributed by atoms with van der Waals surface area (Å²) < 4.78 is 10.8. The van der Waals surface area contributed by atoms with Crippen molar-refractivity contribution in [2.45, 2.75) is 44.2 Å². The maximum absolute atomic E-state index is 12.1. The normalized spacial score (nSPS) is 25.7. The predicted molar refractivity (Wildman–Crippen MR) is 89.2 cm³/mol. The van der Waals surface area contributed by atoms with Crippen LogP contribution in [-0.4, -0.2) is 60.7 Å². The molecule has 0 radical (unpaired) electrons. The lowest BCUT2D eigenvalue weighted by Crippen LogP contribution is -2.41. The van der Waals surface area contributed by atoms with E-state index in [1.54, 1.807) is 0 Å². The fourth-order valence-corrected chi connectivity index (χ4v) is 3.29. The second-order valence-corrected chi connectivity index (χ2v) is 6.49. The van der Waals surface area contributed by atoms with Gasteiger partial charge in [0, 0.05) is 25.7 Å². The van der Waals surface area contributed by atoms with E-state index in [1.165, 1.54) is 5.56 Å². The molecule has 2 aliphatic heterocycles. The molecule has 0 spiro atoms. The van der Waals surface area contributed by atoms with E-state index in [9.17, 15) is 9.90 Å². The highest BCUT2D eigenvalue weighted by Crippen LogP contribution is 2.20. The van der Waals surface area contributed by atoms with E-state index in [0.717, 1.165) is 13.0 Å². The summed E-state index contributed by atoms with van der Waals surface area (Å²) >= 11 is 0. The van der Waals surface area contributed by atoms with Gasteiger partial charge < -0.3 is 19.9 Å². The summed E-state index contributed by atoms with van der Waals surface area (Å²) in [6, 6.07) is 10.3. The lowest BCUT2D eigenvalue weighted by atomic mass is 10.1. The minimum absolute atomic E-state index is 0.0667. The number of amides is 1. The molecular formula is C18H26N2O4. The molecule has 2 heterocycles. The van der Waals surface area contributed by atoms with Crippen LogP contribution in [0.2, 0.25) is 0 Å². The summed E-state index contributed by atoms with van der Waals surface area (Å²) in [7, 11) is 0. The first-order chi connectivity index (χ1) is 11.7. The maximum Gasteiger partial charge on any atom is 0.225 e. The highest BCUT2D eigenvalue weighted by atomic mass is 16.7. The van der Waals surface area contributed by atoms with Crippen LogP contribution in [-0.2, 0) is 20.8 Å². The number of hydrogen-bond acceptors (Lipinski definition) is 5. The maximum atomic E-state index is 12.1. The van der Waals surface area contributed by atoms with E-state index in [-0.39, 0.29) is 24.5 Å². The summed E-state index contributed by atoms with van der Waals surface area (Å²) in [6.07, 6.45) is 1.04. The van der Waals surface area contributed by atoms with Gasteiger partial charge in [-0.1, -0.05) is 30.3 Å². The van der Waals surface area contributed by atoms with E-state index >= 15 is 0 Å². The Bertz CT molecular complexity index is 519. The number of benzene rings is 1. The topological polar surface area (TPSA) is 71.0 Å². The van der Waals surface area contributed by atoms with Crippen LogP contribution in [0.1, 0.15) is 24.8 Å². The molecular weight excluding hydrogens is 308 g/mol. The molecule has 3 rings (SSSR count). The highest BCUT2D eigenvalue weighted by molar-refractivity contribution is 5.76. The zero-order valence-electron chi connectivity index (χ0n) is 13.9. The summed E-state index contributed by atoms with van der Waals surface area (Å²) in [5.74, 6) is -0.0667. The zero-order chi connectivity index (χ0) is 16.8. The van der Waals surface area contributed by atoms with Crippen molar-refractivity contribution in [3.63, 3.8) is 0 Å². The molecule has 2 atom stereocenters. The summed E-state index contributed by atoms with van der Waals surface area (Å²) in [5.41, 5.74) is 1.21. The monoisotopic (exact) mass is 334 g/mol. The standard InChI is InChI=1S/C18H26N2O4/c21-16-9-15(20(13-16)12-14-5-2-1-3-6-14)11-19-17(22)10-18-23-7-4-8-24-18/h1-3,5-6,15-16,18,21H,4,7-13H2,(H,19,22). The summed E-state index contributed by atoms with van der Waals surface area (Å²) in [6.45, 7) is 3.27. The van der Waals surface area contributed by atoms with Crippen molar-refractivity contribution in [2.24, 2.45) is 0 Å². The molecule has 2 N–H and O–H groups in total. The van der Waals surface area contributed by atoms with E-state index in [1.807, 2.05) is 18.2 Å². The number of hydrogen-bond donors (Lipinski definition) is 2. The van der Waals surface area contributed by atoms with Crippen LogP contribution in [0.5, 0.6) is 0 Å². The Balaban J connectivity index is 1.46. The van der Waals surface area contributed by atoms with E-state index in [4.69, 9.17) is 9.47 Å². The third kappa shape index (κ3) is 5.01. The first-order valence-electron chi connectivity index (χ1n) is 8.66. The predicted octanol–water partition coefficient (Wildman–Crippen LogP) is 0.891.